The van der Waals surface area contributed by atoms with Crippen LogP contribution in [0.2, 0.25) is 0 Å². The Morgan fingerprint density at radius 2 is 1.88 bits per heavy atom. The lowest BCUT2D eigenvalue weighted by atomic mass is 10.0. The van der Waals surface area contributed by atoms with Gasteiger partial charge in [-0.15, -0.1) is 0 Å². The van der Waals surface area contributed by atoms with Crippen molar-refractivity contribution in [3.8, 4) is 0 Å². The number of nitro groups is 1. The molecule has 0 atom stereocenters. The van der Waals surface area contributed by atoms with Crippen LogP contribution in [0.25, 0.3) is 10.8 Å². The number of benzene rings is 3. The number of anilines is 1. The van der Waals surface area contributed by atoms with E-state index in [1.54, 1.807) is 11.0 Å². The zero-order chi connectivity index (χ0) is 18.1. The predicted molar refractivity (Wildman–Crippen MR) is 100 cm³/mol. The van der Waals surface area contributed by atoms with Gasteiger partial charge in [0, 0.05) is 43.0 Å². The number of carbonyl (C=O) groups excluding carboxylic acids is 1. The number of fused-ring (bicyclic) bond motifs is 2. The van der Waals surface area contributed by atoms with Gasteiger partial charge in [-0.3, -0.25) is 14.9 Å². The van der Waals surface area contributed by atoms with E-state index in [4.69, 9.17) is 0 Å². The lowest BCUT2D eigenvalue weighted by Crippen LogP contribution is -2.32. The SMILES string of the molecule is O=C(c1cccc2ccccc12)N1CCNc2cc([N+](=O)[O-])ccc2C1. The van der Waals surface area contributed by atoms with E-state index in [1.807, 2.05) is 42.5 Å². The van der Waals surface area contributed by atoms with Gasteiger partial charge in [0.15, 0.2) is 0 Å². The van der Waals surface area contributed by atoms with Crippen molar-refractivity contribution in [1.29, 1.82) is 0 Å². The van der Waals surface area contributed by atoms with Gasteiger partial charge in [-0.2, -0.15) is 0 Å². The highest BCUT2D eigenvalue weighted by Gasteiger charge is 2.22. The molecule has 0 saturated carbocycles. The minimum Gasteiger partial charge on any atom is -0.383 e. The van der Waals surface area contributed by atoms with Crippen LogP contribution >= 0.6 is 0 Å². The minimum absolute atomic E-state index is 0.0326. The second-order valence-electron chi connectivity index (χ2n) is 6.28. The molecule has 0 radical (unpaired) electrons. The first-order chi connectivity index (χ1) is 12.6. The number of nitrogens with zero attached hydrogens (tertiary/aromatic N) is 2. The van der Waals surface area contributed by atoms with Gasteiger partial charge in [0.2, 0.25) is 0 Å². The van der Waals surface area contributed by atoms with Crippen LogP contribution in [0.3, 0.4) is 0 Å². The fourth-order valence-electron chi connectivity index (χ4n) is 3.35. The highest BCUT2D eigenvalue weighted by Crippen LogP contribution is 2.27. The van der Waals surface area contributed by atoms with Gasteiger partial charge in [0.25, 0.3) is 11.6 Å². The lowest BCUT2D eigenvalue weighted by Gasteiger charge is -2.21. The second kappa shape index (κ2) is 6.48. The zero-order valence-electron chi connectivity index (χ0n) is 14.0. The molecule has 1 amide bonds. The van der Waals surface area contributed by atoms with E-state index in [0.717, 1.165) is 16.3 Å². The number of nitrogens with one attached hydrogen (secondary N) is 1. The average molecular weight is 347 g/mol. The largest absolute Gasteiger partial charge is 0.383 e. The average Bonchev–Trinajstić information content (AvgIpc) is 2.88. The Bertz CT molecular complexity index is 1010. The number of hydrogen-bond donors (Lipinski definition) is 1. The number of non-ortho nitro benzene ring substituents is 1. The summed E-state index contributed by atoms with van der Waals surface area (Å²) in [5, 5.41) is 16.1. The summed E-state index contributed by atoms with van der Waals surface area (Å²) >= 11 is 0. The van der Waals surface area contributed by atoms with Crippen molar-refractivity contribution in [1.82, 2.24) is 4.90 Å². The standard InChI is InChI=1S/C20H17N3O3/c24-20(18-7-3-5-14-4-1-2-6-17(14)18)22-11-10-21-19-12-16(23(25)26)9-8-15(19)13-22/h1-9,12,21H,10-11,13H2. The Balaban J connectivity index is 1.67. The van der Waals surface area contributed by atoms with Crippen LogP contribution in [0.4, 0.5) is 11.4 Å². The Labute approximate surface area is 150 Å². The third-order valence-electron chi connectivity index (χ3n) is 4.67. The van der Waals surface area contributed by atoms with Crippen molar-refractivity contribution in [2.24, 2.45) is 0 Å². The van der Waals surface area contributed by atoms with E-state index in [2.05, 4.69) is 5.32 Å². The van der Waals surface area contributed by atoms with Gasteiger partial charge in [-0.1, -0.05) is 36.4 Å². The van der Waals surface area contributed by atoms with Crippen LogP contribution in [0.5, 0.6) is 0 Å². The fourth-order valence-corrected chi connectivity index (χ4v) is 3.35. The van der Waals surface area contributed by atoms with E-state index in [1.165, 1.54) is 12.1 Å². The molecule has 130 valence electrons. The molecule has 6 heteroatoms. The predicted octanol–water partition coefficient (Wildman–Crippen LogP) is 3.82. The van der Waals surface area contributed by atoms with Gasteiger partial charge >= 0.3 is 0 Å². The minimum atomic E-state index is -0.411. The number of nitro benzene ring substituents is 1. The summed E-state index contributed by atoms with van der Waals surface area (Å²) in [5.74, 6) is -0.0326. The molecule has 6 nitrogen and oxygen atoms in total. The van der Waals surface area contributed by atoms with E-state index in [-0.39, 0.29) is 11.6 Å². The fraction of sp³-hybridized carbons (Fsp3) is 0.150. The molecule has 0 saturated heterocycles. The van der Waals surface area contributed by atoms with Crippen molar-refractivity contribution >= 4 is 28.1 Å². The van der Waals surface area contributed by atoms with Crippen LogP contribution in [0, 0.1) is 10.1 Å². The molecule has 0 bridgehead atoms. The van der Waals surface area contributed by atoms with Crippen LogP contribution in [-0.4, -0.2) is 28.8 Å². The van der Waals surface area contributed by atoms with Crippen molar-refractivity contribution in [2.75, 3.05) is 18.4 Å². The van der Waals surface area contributed by atoms with Crippen LogP contribution < -0.4 is 5.32 Å². The molecule has 1 aliphatic rings. The summed E-state index contributed by atoms with van der Waals surface area (Å²) in [6.07, 6.45) is 0. The summed E-state index contributed by atoms with van der Waals surface area (Å²) in [7, 11) is 0. The molecule has 0 spiro atoms. The molecular weight excluding hydrogens is 330 g/mol. The van der Waals surface area contributed by atoms with Gasteiger partial charge < -0.3 is 10.2 Å². The highest BCUT2D eigenvalue weighted by atomic mass is 16.6. The molecule has 1 aliphatic heterocycles. The molecule has 0 aromatic heterocycles. The summed E-state index contributed by atoms with van der Waals surface area (Å²) in [6.45, 7) is 1.50. The quantitative estimate of drug-likeness (QED) is 0.565. The Morgan fingerprint density at radius 1 is 1.08 bits per heavy atom. The van der Waals surface area contributed by atoms with Gasteiger partial charge in [-0.25, -0.2) is 0 Å². The van der Waals surface area contributed by atoms with E-state index >= 15 is 0 Å². The van der Waals surface area contributed by atoms with Crippen LogP contribution in [-0.2, 0) is 6.54 Å². The maximum Gasteiger partial charge on any atom is 0.271 e. The first kappa shape index (κ1) is 16.1. The first-order valence-electron chi connectivity index (χ1n) is 8.42. The van der Waals surface area contributed by atoms with E-state index in [0.29, 0.717) is 30.9 Å². The molecular formula is C20H17N3O3. The smallest absolute Gasteiger partial charge is 0.271 e. The number of carbonyl (C=O) groups is 1. The zero-order valence-corrected chi connectivity index (χ0v) is 14.0. The van der Waals surface area contributed by atoms with Crippen molar-refractivity contribution in [3.63, 3.8) is 0 Å². The van der Waals surface area contributed by atoms with Gasteiger partial charge in [-0.05, 0) is 28.5 Å². The van der Waals surface area contributed by atoms with Crippen molar-refractivity contribution < 1.29 is 9.72 Å². The molecule has 3 aromatic carbocycles. The Hall–Kier alpha value is -3.41. The maximum absolute atomic E-state index is 13.1. The van der Waals surface area contributed by atoms with Crippen LogP contribution in [0.15, 0.2) is 60.7 Å². The third kappa shape index (κ3) is 2.86. The first-order valence-corrected chi connectivity index (χ1v) is 8.42. The van der Waals surface area contributed by atoms with Crippen molar-refractivity contribution in [2.45, 2.75) is 6.54 Å². The van der Waals surface area contributed by atoms with Crippen molar-refractivity contribution in [3.05, 3.63) is 81.9 Å². The van der Waals surface area contributed by atoms with E-state index < -0.39 is 4.92 Å². The molecule has 1 heterocycles. The number of hydrogen-bond acceptors (Lipinski definition) is 4. The number of rotatable bonds is 2. The molecule has 26 heavy (non-hydrogen) atoms. The second-order valence-corrected chi connectivity index (χ2v) is 6.28. The number of amides is 1. The van der Waals surface area contributed by atoms with Gasteiger partial charge in [0.05, 0.1) is 4.92 Å². The third-order valence-corrected chi connectivity index (χ3v) is 4.67. The molecule has 4 rings (SSSR count). The lowest BCUT2D eigenvalue weighted by molar-refractivity contribution is -0.384. The maximum atomic E-state index is 13.1. The summed E-state index contributed by atoms with van der Waals surface area (Å²) in [4.78, 5) is 25.5. The summed E-state index contributed by atoms with van der Waals surface area (Å²) in [6, 6.07) is 18.3. The molecule has 0 aliphatic carbocycles. The summed E-state index contributed by atoms with van der Waals surface area (Å²) in [5.41, 5.74) is 2.31. The Kier molecular flexibility index (Phi) is 4.01. The van der Waals surface area contributed by atoms with Crippen LogP contribution in [0.1, 0.15) is 15.9 Å². The van der Waals surface area contributed by atoms with E-state index in [9.17, 15) is 14.9 Å². The summed E-state index contributed by atoms with van der Waals surface area (Å²) < 4.78 is 0. The normalized spacial score (nSPS) is 13.6. The molecule has 0 fully saturated rings. The molecule has 1 N–H and O–H groups in total. The molecule has 0 unspecified atom stereocenters. The van der Waals surface area contributed by atoms with Gasteiger partial charge in [0.1, 0.15) is 0 Å². The highest BCUT2D eigenvalue weighted by molar-refractivity contribution is 6.07. The topological polar surface area (TPSA) is 75.5 Å². The monoisotopic (exact) mass is 347 g/mol. The molecule has 3 aromatic rings. The Morgan fingerprint density at radius 3 is 2.73 bits per heavy atom.